The van der Waals surface area contributed by atoms with Crippen molar-refractivity contribution in [1.82, 2.24) is 15.2 Å². The van der Waals surface area contributed by atoms with E-state index in [0.29, 0.717) is 31.7 Å². The first-order chi connectivity index (χ1) is 13.0. The fourth-order valence-corrected chi connectivity index (χ4v) is 3.16. The molecule has 1 fully saturated rings. The molecule has 0 aliphatic carbocycles. The molecule has 0 bridgehead atoms. The van der Waals surface area contributed by atoms with Crippen LogP contribution in [-0.2, 0) is 16.0 Å². The van der Waals surface area contributed by atoms with E-state index in [1.807, 2.05) is 18.2 Å². The molecule has 0 radical (unpaired) electrons. The first kappa shape index (κ1) is 18.8. The average molecular weight is 370 g/mol. The normalized spacial score (nSPS) is 15.3. The van der Waals surface area contributed by atoms with Crippen molar-refractivity contribution in [2.75, 3.05) is 31.1 Å². The highest BCUT2D eigenvalue weighted by atomic mass is 19.1. The lowest BCUT2D eigenvalue weighted by Gasteiger charge is -2.36. The maximum absolute atomic E-state index is 13.2. The summed E-state index contributed by atoms with van der Waals surface area (Å²) < 4.78 is 13.2. The number of amides is 2. The van der Waals surface area contributed by atoms with Crippen LogP contribution in [0.4, 0.5) is 10.2 Å². The molecule has 2 aromatic rings. The van der Waals surface area contributed by atoms with Crippen LogP contribution < -0.4 is 10.2 Å². The predicted octanol–water partition coefficient (Wildman–Crippen LogP) is 1.62. The van der Waals surface area contributed by atoms with Gasteiger partial charge in [0, 0.05) is 32.4 Å². The number of hydrogen-bond donors (Lipinski definition) is 1. The molecule has 2 heterocycles. The Morgan fingerprint density at radius 1 is 1.15 bits per heavy atom. The van der Waals surface area contributed by atoms with Gasteiger partial charge in [-0.15, -0.1) is 0 Å². The average Bonchev–Trinajstić information content (AvgIpc) is 2.68. The molecular weight excluding hydrogens is 347 g/mol. The monoisotopic (exact) mass is 370 g/mol. The Balaban J connectivity index is 1.48. The summed E-state index contributed by atoms with van der Waals surface area (Å²) in [5.74, 6) is 0.119. The minimum Gasteiger partial charge on any atom is -0.353 e. The minimum atomic E-state index is -0.618. The van der Waals surface area contributed by atoms with Crippen molar-refractivity contribution < 1.29 is 14.0 Å². The molecule has 1 aliphatic rings. The zero-order chi connectivity index (χ0) is 19.2. The Hall–Kier alpha value is -2.96. The van der Waals surface area contributed by atoms with E-state index in [9.17, 15) is 14.0 Å². The van der Waals surface area contributed by atoms with E-state index in [0.717, 1.165) is 5.82 Å². The van der Waals surface area contributed by atoms with Gasteiger partial charge in [0.25, 0.3) is 0 Å². The molecule has 2 amide bonds. The standard InChI is InChI=1S/C20H23FN4O2/c1-15(23-19(26)14-16-5-4-6-17(21)13-16)20(27)25-11-9-24(10-12-25)18-7-2-3-8-22-18/h2-8,13,15H,9-12,14H2,1H3,(H,23,26)/t15-/m0/s1. The number of piperazine rings is 1. The lowest BCUT2D eigenvalue weighted by Crippen LogP contribution is -2.54. The number of benzene rings is 1. The lowest BCUT2D eigenvalue weighted by molar-refractivity contribution is -0.136. The van der Waals surface area contributed by atoms with Gasteiger partial charge >= 0.3 is 0 Å². The van der Waals surface area contributed by atoms with Crippen molar-refractivity contribution in [3.63, 3.8) is 0 Å². The van der Waals surface area contributed by atoms with E-state index >= 15 is 0 Å². The van der Waals surface area contributed by atoms with E-state index in [1.165, 1.54) is 12.1 Å². The molecule has 1 aromatic carbocycles. The Morgan fingerprint density at radius 3 is 2.59 bits per heavy atom. The molecule has 6 nitrogen and oxygen atoms in total. The number of carbonyl (C=O) groups excluding carboxylic acids is 2. The molecule has 1 aliphatic heterocycles. The van der Waals surface area contributed by atoms with Gasteiger partial charge < -0.3 is 15.1 Å². The molecule has 1 N–H and O–H groups in total. The summed E-state index contributed by atoms with van der Waals surface area (Å²) in [7, 11) is 0. The molecular formula is C20H23FN4O2. The highest BCUT2D eigenvalue weighted by molar-refractivity contribution is 5.88. The predicted molar refractivity (Wildman–Crippen MR) is 101 cm³/mol. The number of rotatable bonds is 5. The highest BCUT2D eigenvalue weighted by Crippen LogP contribution is 2.13. The molecule has 7 heteroatoms. The lowest BCUT2D eigenvalue weighted by atomic mass is 10.1. The van der Waals surface area contributed by atoms with Crippen LogP contribution in [0.3, 0.4) is 0 Å². The molecule has 0 spiro atoms. The summed E-state index contributed by atoms with van der Waals surface area (Å²) in [4.78, 5) is 33.0. The third-order valence-corrected chi connectivity index (χ3v) is 4.57. The molecule has 1 atom stereocenters. The van der Waals surface area contributed by atoms with Gasteiger partial charge in [0.2, 0.25) is 11.8 Å². The van der Waals surface area contributed by atoms with Gasteiger partial charge in [-0.25, -0.2) is 9.37 Å². The summed E-state index contributed by atoms with van der Waals surface area (Å²) in [6, 6.07) is 11.0. The van der Waals surface area contributed by atoms with Crippen LogP contribution in [0.25, 0.3) is 0 Å². The largest absolute Gasteiger partial charge is 0.353 e. The maximum atomic E-state index is 13.2. The van der Waals surface area contributed by atoms with Gasteiger partial charge in [0.15, 0.2) is 0 Å². The smallest absolute Gasteiger partial charge is 0.244 e. The van der Waals surface area contributed by atoms with E-state index in [4.69, 9.17) is 0 Å². The number of carbonyl (C=O) groups is 2. The summed E-state index contributed by atoms with van der Waals surface area (Å²) in [5, 5.41) is 2.71. The molecule has 0 saturated carbocycles. The fourth-order valence-electron chi connectivity index (χ4n) is 3.16. The Labute approximate surface area is 158 Å². The number of nitrogens with zero attached hydrogens (tertiary/aromatic N) is 3. The van der Waals surface area contributed by atoms with Crippen LogP contribution in [0.5, 0.6) is 0 Å². The second-order valence-corrected chi connectivity index (χ2v) is 6.60. The third kappa shape index (κ3) is 5.03. The zero-order valence-electron chi connectivity index (χ0n) is 15.3. The van der Waals surface area contributed by atoms with Crippen molar-refractivity contribution in [1.29, 1.82) is 0 Å². The van der Waals surface area contributed by atoms with Gasteiger partial charge in [-0.05, 0) is 36.8 Å². The molecule has 3 rings (SSSR count). The Bertz CT molecular complexity index is 792. The van der Waals surface area contributed by atoms with Crippen LogP contribution in [-0.4, -0.2) is 53.9 Å². The van der Waals surface area contributed by atoms with Gasteiger partial charge in [0.05, 0.1) is 6.42 Å². The van der Waals surface area contributed by atoms with Crippen molar-refractivity contribution in [2.45, 2.75) is 19.4 Å². The number of aromatic nitrogens is 1. The van der Waals surface area contributed by atoms with Crippen LogP contribution in [0.1, 0.15) is 12.5 Å². The number of pyridine rings is 1. The number of anilines is 1. The zero-order valence-corrected chi connectivity index (χ0v) is 15.3. The quantitative estimate of drug-likeness (QED) is 0.869. The molecule has 0 unspecified atom stereocenters. The van der Waals surface area contributed by atoms with Gasteiger partial charge in [-0.3, -0.25) is 9.59 Å². The second kappa shape index (κ2) is 8.62. The summed E-state index contributed by atoms with van der Waals surface area (Å²) in [5.41, 5.74) is 0.580. The second-order valence-electron chi connectivity index (χ2n) is 6.60. The van der Waals surface area contributed by atoms with E-state index < -0.39 is 6.04 Å². The van der Waals surface area contributed by atoms with Crippen molar-refractivity contribution in [2.24, 2.45) is 0 Å². The van der Waals surface area contributed by atoms with Gasteiger partial charge in [-0.1, -0.05) is 18.2 Å². The van der Waals surface area contributed by atoms with E-state index in [-0.39, 0.29) is 24.1 Å². The van der Waals surface area contributed by atoms with Crippen LogP contribution >= 0.6 is 0 Å². The van der Waals surface area contributed by atoms with Crippen LogP contribution in [0, 0.1) is 5.82 Å². The summed E-state index contributed by atoms with van der Waals surface area (Å²) in [6.45, 7) is 4.25. The Kier molecular flexibility index (Phi) is 6.01. The maximum Gasteiger partial charge on any atom is 0.244 e. The number of hydrogen-bond acceptors (Lipinski definition) is 4. The van der Waals surface area contributed by atoms with Crippen LogP contribution in [0.15, 0.2) is 48.7 Å². The third-order valence-electron chi connectivity index (χ3n) is 4.57. The van der Waals surface area contributed by atoms with Crippen molar-refractivity contribution >= 4 is 17.6 Å². The van der Waals surface area contributed by atoms with Crippen LogP contribution in [0.2, 0.25) is 0 Å². The van der Waals surface area contributed by atoms with E-state index in [2.05, 4.69) is 15.2 Å². The summed E-state index contributed by atoms with van der Waals surface area (Å²) in [6.07, 6.45) is 1.80. The molecule has 1 aromatic heterocycles. The van der Waals surface area contributed by atoms with Gasteiger partial charge in [0.1, 0.15) is 17.7 Å². The molecule has 1 saturated heterocycles. The summed E-state index contributed by atoms with van der Waals surface area (Å²) >= 11 is 0. The molecule has 27 heavy (non-hydrogen) atoms. The SMILES string of the molecule is C[C@H](NC(=O)Cc1cccc(F)c1)C(=O)N1CCN(c2ccccn2)CC1. The van der Waals surface area contributed by atoms with Crippen molar-refractivity contribution in [3.8, 4) is 0 Å². The Morgan fingerprint density at radius 2 is 1.93 bits per heavy atom. The fraction of sp³-hybridized carbons (Fsp3) is 0.350. The highest BCUT2D eigenvalue weighted by Gasteiger charge is 2.26. The van der Waals surface area contributed by atoms with E-state index in [1.54, 1.807) is 30.2 Å². The molecule has 142 valence electrons. The first-order valence-corrected chi connectivity index (χ1v) is 9.01. The minimum absolute atomic E-state index is 0.0445. The first-order valence-electron chi connectivity index (χ1n) is 9.01. The number of halogens is 1. The van der Waals surface area contributed by atoms with Crippen molar-refractivity contribution in [3.05, 3.63) is 60.0 Å². The topological polar surface area (TPSA) is 65.5 Å². The van der Waals surface area contributed by atoms with Gasteiger partial charge in [-0.2, -0.15) is 0 Å². The number of nitrogens with one attached hydrogen (secondary N) is 1.